The summed E-state index contributed by atoms with van der Waals surface area (Å²) >= 11 is 0. The third kappa shape index (κ3) is 2.89. The molecule has 2 aromatic rings. The highest BCUT2D eigenvalue weighted by molar-refractivity contribution is 5.96. The molecule has 2 fully saturated rings. The maximum Gasteiger partial charge on any atom is 0.257 e. The number of hydrogen-bond donors (Lipinski definition) is 0. The van der Waals surface area contributed by atoms with Gasteiger partial charge in [-0.25, -0.2) is 0 Å². The van der Waals surface area contributed by atoms with Crippen molar-refractivity contribution in [1.29, 1.82) is 0 Å². The molecule has 26 heavy (non-hydrogen) atoms. The second kappa shape index (κ2) is 6.59. The lowest BCUT2D eigenvalue weighted by Crippen LogP contribution is -2.49. The first-order chi connectivity index (χ1) is 12.6. The van der Waals surface area contributed by atoms with Crippen molar-refractivity contribution in [3.63, 3.8) is 0 Å². The summed E-state index contributed by atoms with van der Waals surface area (Å²) in [5.41, 5.74) is 1.25. The van der Waals surface area contributed by atoms with Crippen molar-refractivity contribution in [3.05, 3.63) is 53.7 Å². The number of aryl methyl sites for hydroxylation is 1. The minimum absolute atomic E-state index is 0.0318. The van der Waals surface area contributed by atoms with E-state index in [-0.39, 0.29) is 11.8 Å². The summed E-state index contributed by atoms with van der Waals surface area (Å²) in [5, 5.41) is 0. The number of amides is 2. The van der Waals surface area contributed by atoms with Crippen LogP contribution in [0.2, 0.25) is 0 Å². The topological polar surface area (TPSA) is 66.7 Å². The Morgan fingerprint density at radius 1 is 1.23 bits per heavy atom. The van der Waals surface area contributed by atoms with E-state index in [1.165, 1.54) is 0 Å². The number of hydrogen-bond acceptors (Lipinski definition) is 4. The Bertz CT molecular complexity index is 817. The number of nitrogens with zero attached hydrogens (tertiary/aromatic N) is 3. The zero-order valence-corrected chi connectivity index (χ0v) is 15.0. The monoisotopic (exact) mass is 353 g/mol. The number of carbonyl (C=O) groups is 2. The fourth-order valence-electron chi connectivity index (χ4n) is 4.21. The molecule has 136 valence electrons. The van der Waals surface area contributed by atoms with Crippen LogP contribution < -0.4 is 0 Å². The van der Waals surface area contributed by atoms with Crippen molar-refractivity contribution in [2.24, 2.45) is 5.41 Å². The number of piperidine rings is 1. The quantitative estimate of drug-likeness (QED) is 0.851. The molecule has 2 aliphatic rings. The van der Waals surface area contributed by atoms with Gasteiger partial charge in [0, 0.05) is 38.6 Å². The van der Waals surface area contributed by atoms with Crippen molar-refractivity contribution in [2.45, 2.75) is 32.7 Å². The van der Waals surface area contributed by atoms with Crippen LogP contribution in [0.15, 0.2) is 41.3 Å². The molecule has 1 atom stereocenters. The average molecular weight is 353 g/mol. The molecule has 2 aliphatic heterocycles. The van der Waals surface area contributed by atoms with E-state index in [2.05, 4.69) is 4.98 Å². The van der Waals surface area contributed by atoms with Gasteiger partial charge >= 0.3 is 0 Å². The second-order valence-corrected chi connectivity index (χ2v) is 7.33. The lowest BCUT2D eigenvalue weighted by atomic mass is 9.78. The van der Waals surface area contributed by atoms with Crippen LogP contribution in [0.3, 0.4) is 0 Å². The predicted octanol–water partition coefficient (Wildman–Crippen LogP) is 2.64. The third-order valence-electron chi connectivity index (χ3n) is 5.68. The Morgan fingerprint density at radius 3 is 2.77 bits per heavy atom. The lowest BCUT2D eigenvalue weighted by molar-refractivity contribution is -0.138. The van der Waals surface area contributed by atoms with Gasteiger partial charge in [-0.2, -0.15) is 0 Å². The summed E-state index contributed by atoms with van der Waals surface area (Å²) < 4.78 is 5.27. The Hall–Kier alpha value is -2.63. The predicted molar refractivity (Wildman–Crippen MR) is 95.3 cm³/mol. The number of pyridine rings is 1. The third-order valence-corrected chi connectivity index (χ3v) is 5.68. The zero-order chi connectivity index (χ0) is 18.1. The fraction of sp³-hybridized carbons (Fsp3) is 0.450. The van der Waals surface area contributed by atoms with Crippen LogP contribution in [0.5, 0.6) is 0 Å². The Kier molecular flexibility index (Phi) is 4.26. The van der Waals surface area contributed by atoms with E-state index in [1.54, 1.807) is 31.6 Å². The molecule has 2 amide bonds. The van der Waals surface area contributed by atoms with Crippen LogP contribution in [-0.4, -0.2) is 46.2 Å². The Morgan fingerprint density at radius 2 is 2.04 bits per heavy atom. The molecule has 0 saturated carbocycles. The van der Waals surface area contributed by atoms with Crippen LogP contribution in [0.4, 0.5) is 0 Å². The number of likely N-dealkylation sites (tertiary alicyclic amines) is 2. The van der Waals surface area contributed by atoms with Crippen LogP contribution >= 0.6 is 0 Å². The van der Waals surface area contributed by atoms with Crippen LogP contribution in [-0.2, 0) is 11.3 Å². The standard InChI is InChI=1S/C20H23N3O3/c1-15-17(5-12-26-15)18(24)23-10-2-6-20(14-23)7-11-22(19(20)25)13-16-3-8-21-9-4-16/h3-5,8-9,12H,2,6-7,10-11,13-14H2,1H3. The maximum atomic E-state index is 13.2. The van der Waals surface area contributed by atoms with Crippen molar-refractivity contribution in [1.82, 2.24) is 14.8 Å². The lowest BCUT2D eigenvalue weighted by Gasteiger charge is -2.39. The summed E-state index contributed by atoms with van der Waals surface area (Å²) in [6, 6.07) is 5.60. The minimum Gasteiger partial charge on any atom is -0.469 e. The molecule has 0 bridgehead atoms. The fourth-order valence-corrected chi connectivity index (χ4v) is 4.21. The molecule has 4 rings (SSSR count). The summed E-state index contributed by atoms with van der Waals surface area (Å²) in [6.07, 6.45) is 7.56. The molecule has 1 spiro atoms. The van der Waals surface area contributed by atoms with Crippen molar-refractivity contribution in [3.8, 4) is 0 Å². The first-order valence-electron chi connectivity index (χ1n) is 9.11. The van der Waals surface area contributed by atoms with Gasteiger partial charge < -0.3 is 14.2 Å². The molecule has 2 saturated heterocycles. The highest BCUT2D eigenvalue weighted by atomic mass is 16.3. The molecular weight excluding hydrogens is 330 g/mol. The minimum atomic E-state index is -0.432. The number of carbonyl (C=O) groups excluding carboxylic acids is 2. The summed E-state index contributed by atoms with van der Waals surface area (Å²) in [7, 11) is 0. The van der Waals surface area contributed by atoms with Gasteiger partial charge in [-0.3, -0.25) is 14.6 Å². The number of rotatable bonds is 3. The first-order valence-corrected chi connectivity index (χ1v) is 9.11. The highest BCUT2D eigenvalue weighted by Gasteiger charge is 2.49. The van der Waals surface area contributed by atoms with Gasteiger partial charge in [0.15, 0.2) is 0 Å². The SMILES string of the molecule is Cc1occc1C(=O)N1CCCC2(CCN(Cc3ccncc3)C2=O)C1. The normalized spacial score (nSPS) is 23.0. The van der Waals surface area contributed by atoms with E-state index in [1.807, 2.05) is 21.9 Å². The van der Waals surface area contributed by atoms with Crippen LogP contribution in [0.1, 0.15) is 40.9 Å². The van der Waals surface area contributed by atoms with Gasteiger partial charge in [0.2, 0.25) is 5.91 Å². The molecule has 6 nitrogen and oxygen atoms in total. The van der Waals surface area contributed by atoms with Crippen molar-refractivity contribution < 1.29 is 14.0 Å². The van der Waals surface area contributed by atoms with Crippen molar-refractivity contribution in [2.75, 3.05) is 19.6 Å². The molecule has 0 radical (unpaired) electrons. The van der Waals surface area contributed by atoms with Gasteiger partial charge in [0.05, 0.1) is 17.2 Å². The maximum absolute atomic E-state index is 13.2. The molecule has 2 aromatic heterocycles. The van der Waals surface area contributed by atoms with Gasteiger partial charge in [-0.15, -0.1) is 0 Å². The van der Waals surface area contributed by atoms with E-state index in [4.69, 9.17) is 4.42 Å². The average Bonchev–Trinajstić information content (AvgIpc) is 3.21. The second-order valence-electron chi connectivity index (χ2n) is 7.33. The van der Waals surface area contributed by atoms with Crippen LogP contribution in [0.25, 0.3) is 0 Å². The number of aromatic nitrogens is 1. The molecule has 1 unspecified atom stereocenters. The van der Waals surface area contributed by atoms with Gasteiger partial charge in [-0.05, 0) is 49.9 Å². The molecule has 0 aliphatic carbocycles. The van der Waals surface area contributed by atoms with E-state index < -0.39 is 5.41 Å². The Balaban J connectivity index is 1.49. The summed E-state index contributed by atoms with van der Waals surface area (Å²) in [5.74, 6) is 0.776. The Labute approximate surface area is 152 Å². The molecular formula is C20H23N3O3. The number of furan rings is 1. The van der Waals surface area contributed by atoms with E-state index in [0.717, 1.165) is 31.4 Å². The van der Waals surface area contributed by atoms with Gasteiger partial charge in [-0.1, -0.05) is 0 Å². The molecule has 0 N–H and O–H groups in total. The van der Waals surface area contributed by atoms with E-state index in [0.29, 0.717) is 31.0 Å². The molecule has 4 heterocycles. The zero-order valence-electron chi connectivity index (χ0n) is 15.0. The van der Waals surface area contributed by atoms with E-state index >= 15 is 0 Å². The van der Waals surface area contributed by atoms with Crippen molar-refractivity contribution >= 4 is 11.8 Å². The highest BCUT2D eigenvalue weighted by Crippen LogP contribution is 2.41. The largest absolute Gasteiger partial charge is 0.469 e. The smallest absolute Gasteiger partial charge is 0.257 e. The molecule has 6 heteroatoms. The first kappa shape index (κ1) is 16.8. The van der Waals surface area contributed by atoms with Crippen LogP contribution in [0, 0.1) is 12.3 Å². The van der Waals surface area contributed by atoms with E-state index in [9.17, 15) is 9.59 Å². The summed E-state index contributed by atoms with van der Waals surface area (Å²) in [6.45, 7) is 4.35. The summed E-state index contributed by atoms with van der Waals surface area (Å²) in [4.78, 5) is 33.8. The molecule has 0 aromatic carbocycles. The van der Waals surface area contributed by atoms with Gasteiger partial charge in [0.25, 0.3) is 5.91 Å². The van der Waals surface area contributed by atoms with Gasteiger partial charge in [0.1, 0.15) is 5.76 Å².